The van der Waals surface area contributed by atoms with Crippen molar-refractivity contribution in [2.45, 2.75) is 345 Å². The molecule has 50 unspecified atom stereocenters. The van der Waals surface area contributed by atoms with Crippen LogP contribution in [-0.2, 0) is 28.4 Å². The monoisotopic (exact) mass is 2290 g/mol. The second-order valence-electron chi connectivity index (χ2n) is 41.5. The first-order valence-corrected chi connectivity index (χ1v) is 73.6. The van der Waals surface area contributed by atoms with Crippen molar-refractivity contribution >= 4 is 288 Å². The second-order valence-corrected chi connectivity index (χ2v) is 73.5. The Morgan fingerprint density at radius 2 is 1.01 bits per heavy atom. The number of thiol groups is 1. The van der Waals surface area contributed by atoms with E-state index in [1.165, 1.54) is 91.7 Å². The molecule has 14 saturated heterocycles. The molecule has 0 bridgehead atoms. The summed E-state index contributed by atoms with van der Waals surface area (Å²) in [4.78, 5) is 4.54. The van der Waals surface area contributed by atoms with Gasteiger partial charge in [-0.2, -0.15) is 150 Å². The second kappa shape index (κ2) is 46.7. The van der Waals surface area contributed by atoms with Crippen LogP contribution in [0.2, 0.25) is 0 Å². The third kappa shape index (κ3) is 19.6. The molecule has 0 spiro atoms. The molecule has 0 amide bonds. The van der Waals surface area contributed by atoms with Gasteiger partial charge in [0.2, 0.25) is 0 Å². The fraction of sp³-hybridized carbons (Fsp3) is 0.860. The summed E-state index contributed by atoms with van der Waals surface area (Å²) in [5.41, 5.74) is 6.21. The summed E-state index contributed by atoms with van der Waals surface area (Å²) < 4.78 is 42.7. The Balaban J connectivity index is 0.605. The molecule has 15 aliphatic heterocycles. The molecule has 16 heterocycles. The molecule has 1 aromatic rings. The van der Waals surface area contributed by atoms with E-state index in [1.807, 2.05) is 87.6 Å². The van der Waals surface area contributed by atoms with Crippen LogP contribution in [0.4, 0.5) is 0 Å². The predicted molar refractivity (Wildman–Crippen MR) is 622 cm³/mol. The molecule has 0 aromatic carbocycles. The van der Waals surface area contributed by atoms with E-state index in [2.05, 4.69) is 319 Å². The molecule has 0 radical (unpaired) electrons. The number of nitrogens with zero attached hydrogens (tertiary/aromatic N) is 6. The molecule has 12 nitrogen and oxygen atoms in total. The summed E-state index contributed by atoms with van der Waals surface area (Å²) >= 11 is 54.6. The predicted octanol–water partition coefficient (Wildman–Crippen LogP) is 26.5. The van der Waals surface area contributed by atoms with Gasteiger partial charge in [0.15, 0.2) is 6.10 Å². The molecular weight excluding hydrogens is 2150 g/mol. The van der Waals surface area contributed by atoms with Crippen LogP contribution in [0.15, 0.2) is 22.1 Å². The molecule has 18 aliphatic rings. The molecule has 1 aromatic heterocycles. The number of thioether (sulfide) groups is 22. The van der Waals surface area contributed by atoms with E-state index in [4.69, 9.17) is 41.0 Å². The lowest BCUT2D eigenvalue weighted by Gasteiger charge is -2.50. The highest BCUT2D eigenvalue weighted by Crippen LogP contribution is 2.76. The standard InChI is InChI=1S/C100H138N6O6S24/c1-18-100(96(112-11)53(40-105)86(136-100)65-34-48-75(58-21-27-69(116-14)124-58)88-45(74(89(48)131-65)57-20-26-68(115-13)123-57)31-62(128-88)44(3)121-93(55(41-106)107-6)83(113)79(108-7)43(2)36-101)98-82(111-10)52(39-104)97(135-98)99(4,5)66-35-49-77(60-23-29-71(118-16)126-60)90-47(76(92(49)132-66)59-22-28-70(117-15)125-59)33-64(129-90)85-51(38-103)81(110-9)95(134-85)94-80(109-8)50(37-102)84(133-94)63-32-46-73(56-19-25-67(114-12)122-56)87-54(42-120-87)78(91(46)130-63)61-24-30-72(119-17)127-61/h34,43-44,46-47,49-53,55-64,66-73,75-86,88,90-98,113H,18-33,35,42H2,1-17H3. The number of thiophene rings is 1. The summed E-state index contributed by atoms with van der Waals surface area (Å²) in [5.74, 6) is 3.63. The lowest BCUT2D eigenvalue weighted by Crippen LogP contribution is -2.52. The van der Waals surface area contributed by atoms with Gasteiger partial charge in [-0.05, 0) is 222 Å². The smallest absolute Gasteiger partial charge is 0.156 e. The highest BCUT2D eigenvalue weighted by atomic mass is 32.2. The average Bonchev–Trinajstić information content (AvgIpc) is 1.54. The quantitative estimate of drug-likeness (QED) is 0.0651. The lowest BCUT2D eigenvalue weighted by atomic mass is 9.61. The minimum absolute atomic E-state index is 0.0160. The normalized spacial score (nSPS) is 47.4. The maximum atomic E-state index is 12.2. The zero-order valence-electron chi connectivity index (χ0n) is 81.1. The van der Waals surface area contributed by atoms with E-state index in [0.29, 0.717) is 132 Å². The van der Waals surface area contributed by atoms with E-state index < -0.39 is 40.1 Å². The van der Waals surface area contributed by atoms with Crippen LogP contribution in [0.1, 0.15) is 170 Å². The molecule has 136 heavy (non-hydrogen) atoms. The summed E-state index contributed by atoms with van der Waals surface area (Å²) in [7, 11) is 10.8. The fourth-order valence-corrected chi connectivity index (χ4v) is 68.2. The van der Waals surface area contributed by atoms with Crippen LogP contribution in [0.3, 0.4) is 0 Å². The van der Waals surface area contributed by atoms with Crippen molar-refractivity contribution in [1.29, 1.82) is 31.6 Å². The number of rotatable bonds is 33. The van der Waals surface area contributed by atoms with Gasteiger partial charge < -0.3 is 28.4 Å². The van der Waals surface area contributed by atoms with Crippen LogP contribution < -0.4 is 0 Å². The van der Waals surface area contributed by atoms with Crippen molar-refractivity contribution in [3.8, 4) is 36.4 Å². The van der Waals surface area contributed by atoms with Gasteiger partial charge in [-0.1, -0.05) is 27.7 Å². The number of ether oxygens (including phenoxy) is 6. The zero-order chi connectivity index (χ0) is 95.5. The first kappa shape index (κ1) is 108. The van der Waals surface area contributed by atoms with E-state index >= 15 is 0 Å². The van der Waals surface area contributed by atoms with Crippen molar-refractivity contribution in [2.75, 3.05) is 85.9 Å². The molecule has 1 saturated carbocycles. The van der Waals surface area contributed by atoms with Gasteiger partial charge in [-0.25, -0.2) is 0 Å². The van der Waals surface area contributed by atoms with Gasteiger partial charge >= 0.3 is 0 Å². The van der Waals surface area contributed by atoms with E-state index in [-0.39, 0.29) is 105 Å². The van der Waals surface area contributed by atoms with Gasteiger partial charge in [0.25, 0.3) is 0 Å². The van der Waals surface area contributed by atoms with Crippen LogP contribution in [0.25, 0.3) is 5.57 Å². The van der Waals surface area contributed by atoms with Crippen LogP contribution in [0, 0.1) is 144 Å². The molecule has 3 aliphatic carbocycles. The molecular formula is C100H138N6O6S24. The largest absolute Gasteiger partial charge is 0.379 e. The number of hydrogen-bond donors (Lipinski definition) is 1. The third-order valence-corrected chi connectivity index (χ3v) is 74.9. The van der Waals surface area contributed by atoms with Gasteiger partial charge in [-0.15, -0.1) is 164 Å². The van der Waals surface area contributed by atoms with Crippen LogP contribution in [-0.4, -0.2) is 276 Å². The minimum atomic E-state index is -0.738. The number of hydrogen-bond acceptors (Lipinski definition) is 36. The van der Waals surface area contributed by atoms with Crippen molar-refractivity contribution in [2.24, 2.45) is 76.4 Å². The number of fused-ring (bicyclic) bond motifs is 5. The molecule has 748 valence electrons. The molecule has 50 atom stereocenters. The summed E-state index contributed by atoms with van der Waals surface area (Å²) in [6, 6.07) is 19.7. The molecule has 36 heteroatoms. The number of nitriles is 6. The summed E-state index contributed by atoms with van der Waals surface area (Å²) in [5, 5.41) is 74.6. The average molecular weight is 2290 g/mol. The van der Waals surface area contributed by atoms with Crippen LogP contribution >= 0.6 is 283 Å². The van der Waals surface area contributed by atoms with E-state index in [0.717, 1.165) is 38.5 Å². The van der Waals surface area contributed by atoms with Gasteiger partial charge in [-0.3, -0.25) is 0 Å². The van der Waals surface area contributed by atoms with Crippen molar-refractivity contribution in [3.63, 3.8) is 0 Å². The molecule has 15 fully saturated rings. The Morgan fingerprint density at radius 1 is 0.493 bits per heavy atom. The summed E-state index contributed by atoms with van der Waals surface area (Å²) in [6.07, 6.45) is 31.4. The first-order chi connectivity index (χ1) is 66.0. The number of methoxy groups -OCH3 is 6. The highest BCUT2D eigenvalue weighted by molar-refractivity contribution is 8.19. The van der Waals surface area contributed by atoms with E-state index in [9.17, 15) is 31.6 Å². The Bertz CT molecular complexity index is 4620. The molecule has 0 N–H and O–H groups in total. The van der Waals surface area contributed by atoms with Gasteiger partial charge in [0, 0.05) is 191 Å². The van der Waals surface area contributed by atoms with Crippen molar-refractivity contribution in [1.82, 2.24) is 0 Å². The Labute approximate surface area is 918 Å². The van der Waals surface area contributed by atoms with Crippen LogP contribution in [0.5, 0.6) is 0 Å². The third-order valence-electron chi connectivity index (χ3n) is 35.1. The van der Waals surface area contributed by atoms with Gasteiger partial charge in [0.1, 0.15) is 0 Å². The van der Waals surface area contributed by atoms with Gasteiger partial charge in [0.05, 0.1) is 139 Å². The maximum absolute atomic E-state index is 12.2. The fourth-order valence-electron chi connectivity index (χ4n) is 28.7. The van der Waals surface area contributed by atoms with E-state index in [1.54, 1.807) is 42.0 Å². The van der Waals surface area contributed by atoms with Crippen molar-refractivity contribution in [3.05, 3.63) is 37.4 Å². The topological polar surface area (TPSA) is 198 Å². The SMILES string of the molecule is CCC1(C2SC(C(C)(C)C3CC4C(S3)C(C3CCC(SC)S3)C3CC(C5SC(C6SC(C7CC8C(S7)C(C7CCC(SC)S7)C7=C(SC7)C8C7CCC(SC)S7)C(C#N)C6OC)C(OC)C5C#N)SC3C4C3CCC(SC)S3)C(C#N)C2OC)SC(c2cc3c(s2)C(C2CCC(SC)S2)=C2CC(C(C)SC(C(C#N)OC)C(S)C(OC)C(C)C#N)SC2C3C2CCC(SC)S2)C(C#N)C1OC. The maximum Gasteiger partial charge on any atom is 0.156 e. The first-order valence-electron chi connectivity index (χ1n) is 49.5. The lowest BCUT2D eigenvalue weighted by molar-refractivity contribution is 0.0109. The molecule has 19 rings (SSSR count). The Morgan fingerprint density at radius 3 is 1.50 bits per heavy atom. The zero-order valence-corrected chi connectivity index (χ0v) is 101. The highest BCUT2D eigenvalue weighted by Gasteiger charge is 2.71. The Hall–Kier alpha value is 3.93. The minimum Gasteiger partial charge on any atom is -0.379 e. The summed E-state index contributed by atoms with van der Waals surface area (Å²) in [6.45, 7) is 11.7. The van der Waals surface area contributed by atoms with Crippen molar-refractivity contribution < 1.29 is 28.4 Å². The number of allylic oxidation sites excluding steroid dienone is 1. The Kier molecular flexibility index (Phi) is 37.2.